The van der Waals surface area contributed by atoms with Crippen LogP contribution in [-0.2, 0) is 12.7 Å². The van der Waals surface area contributed by atoms with Crippen LogP contribution in [0.3, 0.4) is 0 Å². The van der Waals surface area contributed by atoms with Crippen LogP contribution in [0.5, 0.6) is 0 Å². The maximum atomic E-state index is 14.0. The van der Waals surface area contributed by atoms with Crippen molar-refractivity contribution in [2.24, 2.45) is 7.05 Å². The molecule has 1 aromatic carbocycles. The fourth-order valence-electron chi connectivity index (χ4n) is 2.79. The second-order valence-electron chi connectivity index (χ2n) is 6.22. The summed E-state index contributed by atoms with van der Waals surface area (Å²) in [5.41, 5.74) is 1.05. The van der Waals surface area contributed by atoms with Gasteiger partial charge >= 0.3 is 5.66 Å². The molecule has 0 spiro atoms. The molecule has 1 atom stereocenters. The van der Waals surface area contributed by atoms with Crippen LogP contribution in [0.2, 0.25) is 0 Å². The second-order valence-corrected chi connectivity index (χ2v) is 7.88. The molecule has 0 saturated heterocycles. The van der Waals surface area contributed by atoms with Gasteiger partial charge in [-0.15, -0.1) is 24.9 Å². The number of halogens is 2. The third-order valence-electron chi connectivity index (χ3n) is 4.22. The Kier molecular flexibility index (Phi) is 9.32. The number of rotatable bonds is 6. The molecule has 0 fully saturated rings. The van der Waals surface area contributed by atoms with Crippen molar-refractivity contribution in [3.8, 4) is 11.3 Å². The highest BCUT2D eigenvalue weighted by Crippen LogP contribution is 2.39. The highest BCUT2D eigenvalue weighted by atomic mass is 32.2. The molecule has 0 aliphatic carbocycles. The predicted molar refractivity (Wildman–Crippen MR) is 124 cm³/mol. The van der Waals surface area contributed by atoms with Gasteiger partial charge in [0.05, 0.1) is 11.4 Å². The standard InChI is InChI=1S/C20H25F2N2PS.C2H4/c1-6-16(26-5)12-9-14(3)18-17(15-10-7-13(2)8-11-15)23-19(24(18)4)20(21,22)25;1-2/h7-12H,6,25H2,1-5H3;1-2H2/b14-9+,16-12+;. The molecule has 0 radical (unpaired) electrons. The summed E-state index contributed by atoms with van der Waals surface area (Å²) in [5, 5.41) is 0. The fraction of sp³-hybridized carbons (Fsp3) is 0.318. The molecule has 0 bridgehead atoms. The first kappa shape index (κ1) is 24.3. The van der Waals surface area contributed by atoms with Gasteiger partial charge in [-0.05, 0) is 37.0 Å². The van der Waals surface area contributed by atoms with E-state index in [9.17, 15) is 8.78 Å². The van der Waals surface area contributed by atoms with Crippen LogP contribution in [-0.4, -0.2) is 15.8 Å². The number of hydrogen-bond acceptors (Lipinski definition) is 2. The number of alkyl halides is 2. The summed E-state index contributed by atoms with van der Waals surface area (Å²) in [6, 6.07) is 7.78. The van der Waals surface area contributed by atoms with E-state index in [1.54, 1.807) is 28.0 Å². The van der Waals surface area contributed by atoms with E-state index >= 15 is 0 Å². The summed E-state index contributed by atoms with van der Waals surface area (Å²) >= 11 is 1.69. The van der Waals surface area contributed by atoms with Crippen LogP contribution in [0, 0.1) is 6.92 Å². The van der Waals surface area contributed by atoms with E-state index in [4.69, 9.17) is 0 Å². The van der Waals surface area contributed by atoms with Crippen molar-refractivity contribution in [3.63, 3.8) is 0 Å². The van der Waals surface area contributed by atoms with Crippen molar-refractivity contribution in [1.82, 2.24) is 9.55 Å². The van der Waals surface area contributed by atoms with Gasteiger partial charge in [-0.1, -0.05) is 58.1 Å². The summed E-state index contributed by atoms with van der Waals surface area (Å²) in [7, 11) is 3.23. The molecule has 1 unspecified atom stereocenters. The van der Waals surface area contributed by atoms with E-state index in [2.05, 4.69) is 25.1 Å². The number of aromatic nitrogens is 2. The van der Waals surface area contributed by atoms with Crippen molar-refractivity contribution in [3.05, 3.63) is 71.6 Å². The molecule has 0 aliphatic rings. The summed E-state index contributed by atoms with van der Waals surface area (Å²) in [6.07, 6.45) is 7.00. The van der Waals surface area contributed by atoms with Gasteiger partial charge in [-0.3, -0.25) is 0 Å². The average molecular weight is 423 g/mol. The van der Waals surface area contributed by atoms with Crippen molar-refractivity contribution < 1.29 is 8.78 Å². The van der Waals surface area contributed by atoms with Crippen LogP contribution in [0.25, 0.3) is 16.8 Å². The Morgan fingerprint density at radius 2 is 1.82 bits per heavy atom. The van der Waals surface area contributed by atoms with Crippen molar-refractivity contribution in [2.75, 3.05) is 6.26 Å². The van der Waals surface area contributed by atoms with Gasteiger partial charge in [-0.2, -0.15) is 8.78 Å². The van der Waals surface area contributed by atoms with E-state index in [0.29, 0.717) is 11.4 Å². The van der Waals surface area contributed by atoms with Gasteiger partial charge in [0.1, 0.15) is 0 Å². The zero-order valence-corrected chi connectivity index (χ0v) is 19.2. The highest BCUT2D eigenvalue weighted by Gasteiger charge is 2.33. The monoisotopic (exact) mass is 422 g/mol. The van der Waals surface area contributed by atoms with Crippen LogP contribution in [0.1, 0.15) is 37.4 Å². The van der Waals surface area contributed by atoms with Gasteiger partial charge in [0.25, 0.3) is 0 Å². The van der Waals surface area contributed by atoms with E-state index in [0.717, 1.165) is 23.1 Å². The Morgan fingerprint density at radius 3 is 2.29 bits per heavy atom. The lowest BCUT2D eigenvalue weighted by atomic mass is 10.0. The largest absolute Gasteiger partial charge is 0.326 e. The van der Waals surface area contributed by atoms with Gasteiger partial charge < -0.3 is 4.57 Å². The first-order valence-electron chi connectivity index (χ1n) is 8.91. The van der Waals surface area contributed by atoms with E-state index in [1.165, 1.54) is 9.47 Å². The van der Waals surface area contributed by atoms with Gasteiger partial charge in [-0.25, -0.2) is 4.98 Å². The number of benzene rings is 1. The fourth-order valence-corrected chi connectivity index (χ4v) is 3.54. The number of thioether (sulfide) groups is 1. The molecular weight excluding hydrogens is 393 g/mol. The highest BCUT2D eigenvalue weighted by molar-refractivity contribution is 8.02. The van der Waals surface area contributed by atoms with Crippen molar-refractivity contribution in [1.29, 1.82) is 0 Å². The second kappa shape index (κ2) is 10.7. The molecule has 6 heteroatoms. The van der Waals surface area contributed by atoms with Crippen molar-refractivity contribution >= 4 is 26.6 Å². The Morgan fingerprint density at radius 1 is 1.25 bits per heavy atom. The molecule has 2 nitrogen and oxygen atoms in total. The quantitative estimate of drug-likeness (QED) is 0.279. The van der Waals surface area contributed by atoms with Gasteiger partial charge in [0.2, 0.25) is 0 Å². The molecule has 1 heterocycles. The molecular formula is C22H29F2N2PS. The molecule has 0 N–H and O–H groups in total. The molecule has 0 aliphatic heterocycles. The normalized spacial score (nSPS) is 12.6. The minimum atomic E-state index is -3.09. The topological polar surface area (TPSA) is 17.8 Å². The first-order valence-corrected chi connectivity index (χ1v) is 10.7. The minimum absolute atomic E-state index is 0.259. The van der Waals surface area contributed by atoms with E-state index in [-0.39, 0.29) is 5.82 Å². The summed E-state index contributed by atoms with van der Waals surface area (Å²) in [6.45, 7) is 12.0. The summed E-state index contributed by atoms with van der Waals surface area (Å²) in [4.78, 5) is 5.53. The third-order valence-corrected chi connectivity index (χ3v) is 5.43. The third kappa shape index (κ3) is 5.89. The van der Waals surface area contributed by atoms with Crippen LogP contribution < -0.4 is 0 Å². The summed E-state index contributed by atoms with van der Waals surface area (Å²) in [5.74, 6) is -0.259. The number of allylic oxidation sites excluding steroid dienone is 4. The van der Waals surface area contributed by atoms with Crippen molar-refractivity contribution in [2.45, 2.75) is 32.9 Å². The maximum absolute atomic E-state index is 14.0. The Labute approximate surface area is 174 Å². The molecule has 2 rings (SSSR count). The van der Waals surface area contributed by atoms with Crippen LogP contribution in [0.15, 0.2) is 54.5 Å². The van der Waals surface area contributed by atoms with E-state index in [1.807, 2.05) is 56.5 Å². The molecule has 1 aromatic heterocycles. The Hall–Kier alpha value is -1.71. The number of hydrogen-bond donors (Lipinski definition) is 0. The first-order chi connectivity index (χ1) is 13.2. The van der Waals surface area contributed by atoms with Crippen LogP contribution >= 0.6 is 21.0 Å². The number of imidazole rings is 1. The van der Waals surface area contributed by atoms with Gasteiger partial charge in [0, 0.05) is 12.6 Å². The Balaban J connectivity index is 0.00000190. The predicted octanol–water partition coefficient (Wildman–Crippen LogP) is 7.18. The summed E-state index contributed by atoms with van der Waals surface area (Å²) < 4.78 is 29.5. The smallest absolute Gasteiger partial charge is 0.315 e. The minimum Gasteiger partial charge on any atom is -0.326 e. The lowest BCUT2D eigenvalue weighted by Crippen LogP contribution is -2.11. The zero-order valence-electron chi connectivity index (χ0n) is 17.2. The molecule has 152 valence electrons. The number of aryl methyl sites for hydroxylation is 1. The van der Waals surface area contributed by atoms with E-state index < -0.39 is 5.66 Å². The van der Waals surface area contributed by atoms with Gasteiger partial charge in [0.15, 0.2) is 5.82 Å². The molecule has 2 aromatic rings. The molecule has 0 saturated carbocycles. The Bertz CT molecular complexity index is 841. The maximum Gasteiger partial charge on any atom is 0.315 e. The average Bonchev–Trinajstić information content (AvgIpc) is 3.02. The lowest BCUT2D eigenvalue weighted by molar-refractivity contribution is 0.0898. The number of nitrogens with zero attached hydrogens (tertiary/aromatic N) is 2. The molecule has 28 heavy (non-hydrogen) atoms. The lowest BCUT2D eigenvalue weighted by Gasteiger charge is -2.11. The SMILES string of the molecule is C=C.CC/C(=C\C=C(/C)c1c(-c2ccc(C)cc2)nc(C(F)(F)P)n1C)SC. The van der Waals surface area contributed by atoms with Crippen LogP contribution in [0.4, 0.5) is 8.78 Å². The molecule has 0 amide bonds. The zero-order chi connectivity index (χ0) is 21.5.